The lowest BCUT2D eigenvalue weighted by atomic mass is 10.2. The molecule has 0 spiro atoms. The average molecular weight is 255 g/mol. The van der Waals surface area contributed by atoms with Gasteiger partial charge in [-0.15, -0.1) is 0 Å². The van der Waals surface area contributed by atoms with Crippen LogP contribution in [0.4, 0.5) is 5.69 Å². The zero-order valence-corrected chi connectivity index (χ0v) is 11.1. The van der Waals surface area contributed by atoms with E-state index in [4.69, 9.17) is 4.42 Å². The third kappa shape index (κ3) is 2.34. The lowest BCUT2D eigenvalue weighted by Gasteiger charge is -2.04. The highest BCUT2D eigenvalue weighted by Gasteiger charge is 2.06. The van der Waals surface area contributed by atoms with Crippen molar-refractivity contribution < 1.29 is 4.42 Å². The average Bonchev–Trinajstić information content (AvgIpc) is 3.03. The highest BCUT2D eigenvalue weighted by atomic mass is 16.3. The van der Waals surface area contributed by atoms with Gasteiger partial charge in [0, 0.05) is 29.7 Å². The van der Waals surface area contributed by atoms with E-state index in [0.717, 1.165) is 28.8 Å². The SMILES string of the molecule is CC(C)n1cc(NCc2coc3ccccc23)cn1. The molecule has 0 fully saturated rings. The molecule has 2 aromatic heterocycles. The normalized spacial score (nSPS) is 11.3. The number of fused-ring (bicyclic) bond motifs is 1. The Bertz CT molecular complexity index is 681. The molecule has 0 saturated carbocycles. The molecule has 0 unspecified atom stereocenters. The Labute approximate surface area is 112 Å². The number of nitrogens with zero attached hydrogens (tertiary/aromatic N) is 2. The highest BCUT2D eigenvalue weighted by molar-refractivity contribution is 5.81. The highest BCUT2D eigenvalue weighted by Crippen LogP contribution is 2.21. The number of hydrogen-bond acceptors (Lipinski definition) is 3. The van der Waals surface area contributed by atoms with Crippen molar-refractivity contribution in [2.24, 2.45) is 0 Å². The van der Waals surface area contributed by atoms with E-state index in [2.05, 4.69) is 30.3 Å². The molecular formula is C15H17N3O. The molecule has 0 radical (unpaired) electrons. The molecule has 4 heteroatoms. The van der Waals surface area contributed by atoms with E-state index in [0.29, 0.717) is 6.04 Å². The fourth-order valence-corrected chi connectivity index (χ4v) is 2.08. The second kappa shape index (κ2) is 4.80. The van der Waals surface area contributed by atoms with Gasteiger partial charge in [0.2, 0.25) is 0 Å². The minimum atomic E-state index is 0.380. The number of rotatable bonds is 4. The van der Waals surface area contributed by atoms with Crippen molar-refractivity contribution in [2.75, 3.05) is 5.32 Å². The Morgan fingerprint density at radius 1 is 1.32 bits per heavy atom. The molecule has 19 heavy (non-hydrogen) atoms. The number of aromatic nitrogens is 2. The summed E-state index contributed by atoms with van der Waals surface area (Å²) < 4.78 is 7.46. The molecular weight excluding hydrogens is 238 g/mol. The van der Waals surface area contributed by atoms with Gasteiger partial charge < -0.3 is 9.73 Å². The van der Waals surface area contributed by atoms with E-state index in [1.165, 1.54) is 0 Å². The van der Waals surface area contributed by atoms with Crippen molar-refractivity contribution in [3.05, 3.63) is 48.5 Å². The van der Waals surface area contributed by atoms with Gasteiger partial charge in [0.25, 0.3) is 0 Å². The van der Waals surface area contributed by atoms with Gasteiger partial charge >= 0.3 is 0 Å². The second-order valence-corrected chi connectivity index (χ2v) is 4.91. The van der Waals surface area contributed by atoms with Crippen molar-refractivity contribution in [1.82, 2.24) is 9.78 Å². The molecule has 0 bridgehead atoms. The summed E-state index contributed by atoms with van der Waals surface area (Å²) in [7, 11) is 0. The van der Waals surface area contributed by atoms with Crippen LogP contribution in [-0.4, -0.2) is 9.78 Å². The van der Waals surface area contributed by atoms with Gasteiger partial charge in [0.1, 0.15) is 5.58 Å². The zero-order chi connectivity index (χ0) is 13.2. The topological polar surface area (TPSA) is 43.0 Å². The summed E-state index contributed by atoms with van der Waals surface area (Å²) in [6, 6.07) is 8.45. The van der Waals surface area contributed by atoms with Crippen LogP contribution < -0.4 is 5.32 Å². The van der Waals surface area contributed by atoms with E-state index in [-0.39, 0.29) is 0 Å². The van der Waals surface area contributed by atoms with Gasteiger partial charge in [0.05, 0.1) is 18.1 Å². The fraction of sp³-hybridized carbons (Fsp3) is 0.267. The van der Waals surface area contributed by atoms with Gasteiger partial charge in [-0.05, 0) is 19.9 Å². The summed E-state index contributed by atoms with van der Waals surface area (Å²) in [5.74, 6) is 0. The number of benzene rings is 1. The zero-order valence-electron chi connectivity index (χ0n) is 11.1. The largest absolute Gasteiger partial charge is 0.464 e. The second-order valence-electron chi connectivity index (χ2n) is 4.91. The van der Waals surface area contributed by atoms with Gasteiger partial charge in [-0.3, -0.25) is 4.68 Å². The lowest BCUT2D eigenvalue weighted by Crippen LogP contribution is -2.00. The van der Waals surface area contributed by atoms with E-state index in [1.54, 1.807) is 0 Å². The van der Waals surface area contributed by atoms with E-state index in [9.17, 15) is 0 Å². The minimum Gasteiger partial charge on any atom is -0.464 e. The summed E-state index contributed by atoms with van der Waals surface area (Å²) in [5, 5.41) is 8.84. The molecule has 3 rings (SSSR count). The number of nitrogens with one attached hydrogen (secondary N) is 1. The number of para-hydroxylation sites is 1. The van der Waals surface area contributed by atoms with Crippen LogP contribution in [0.3, 0.4) is 0 Å². The predicted molar refractivity (Wildman–Crippen MR) is 76.2 cm³/mol. The summed E-state index contributed by atoms with van der Waals surface area (Å²) in [6.07, 6.45) is 5.68. The predicted octanol–water partition coefficient (Wildman–Crippen LogP) is 3.82. The molecule has 0 aliphatic heterocycles. The maximum absolute atomic E-state index is 5.52. The van der Waals surface area contributed by atoms with Crippen molar-refractivity contribution >= 4 is 16.7 Å². The van der Waals surface area contributed by atoms with Crippen LogP contribution in [0, 0.1) is 0 Å². The third-order valence-electron chi connectivity index (χ3n) is 3.17. The van der Waals surface area contributed by atoms with E-state index < -0.39 is 0 Å². The van der Waals surface area contributed by atoms with Crippen molar-refractivity contribution in [2.45, 2.75) is 26.4 Å². The third-order valence-corrected chi connectivity index (χ3v) is 3.17. The minimum absolute atomic E-state index is 0.380. The number of anilines is 1. The fourth-order valence-electron chi connectivity index (χ4n) is 2.08. The summed E-state index contributed by atoms with van der Waals surface area (Å²) >= 11 is 0. The van der Waals surface area contributed by atoms with Crippen molar-refractivity contribution in [1.29, 1.82) is 0 Å². The Kier molecular flexibility index (Phi) is 2.99. The van der Waals surface area contributed by atoms with Crippen LogP contribution in [0.5, 0.6) is 0 Å². The first kappa shape index (κ1) is 11.8. The Hall–Kier alpha value is -2.23. The molecule has 0 saturated heterocycles. The molecule has 0 aliphatic carbocycles. The van der Waals surface area contributed by atoms with Crippen LogP contribution in [0.15, 0.2) is 47.3 Å². The van der Waals surface area contributed by atoms with Crippen LogP contribution >= 0.6 is 0 Å². The maximum atomic E-state index is 5.52. The Balaban J connectivity index is 1.75. The van der Waals surface area contributed by atoms with Gasteiger partial charge in [-0.1, -0.05) is 18.2 Å². The maximum Gasteiger partial charge on any atom is 0.134 e. The molecule has 1 aromatic carbocycles. The summed E-state index contributed by atoms with van der Waals surface area (Å²) in [5.41, 5.74) is 3.11. The molecule has 1 N–H and O–H groups in total. The molecule has 2 heterocycles. The van der Waals surface area contributed by atoms with Crippen LogP contribution in [0.2, 0.25) is 0 Å². The Morgan fingerprint density at radius 2 is 2.16 bits per heavy atom. The van der Waals surface area contributed by atoms with Crippen molar-refractivity contribution in [3.8, 4) is 0 Å². The Morgan fingerprint density at radius 3 is 2.95 bits per heavy atom. The van der Waals surface area contributed by atoms with Gasteiger partial charge in [-0.2, -0.15) is 5.10 Å². The van der Waals surface area contributed by atoms with E-state index >= 15 is 0 Å². The molecule has 3 aromatic rings. The van der Waals surface area contributed by atoms with Gasteiger partial charge in [0.15, 0.2) is 0 Å². The van der Waals surface area contributed by atoms with Crippen molar-refractivity contribution in [3.63, 3.8) is 0 Å². The molecule has 4 nitrogen and oxygen atoms in total. The van der Waals surface area contributed by atoms with Crippen LogP contribution in [-0.2, 0) is 6.54 Å². The first-order valence-electron chi connectivity index (χ1n) is 6.47. The van der Waals surface area contributed by atoms with Gasteiger partial charge in [-0.25, -0.2) is 0 Å². The van der Waals surface area contributed by atoms with E-state index in [1.807, 2.05) is 41.5 Å². The number of furan rings is 1. The standard InChI is InChI=1S/C15H17N3O/c1-11(2)18-9-13(8-17-18)16-7-12-10-19-15-6-4-3-5-14(12)15/h3-6,8-11,16H,7H2,1-2H3. The number of hydrogen-bond donors (Lipinski definition) is 1. The van der Waals surface area contributed by atoms with Crippen LogP contribution in [0.25, 0.3) is 11.0 Å². The quantitative estimate of drug-likeness (QED) is 0.770. The van der Waals surface area contributed by atoms with Crippen LogP contribution in [0.1, 0.15) is 25.5 Å². The molecule has 0 atom stereocenters. The first-order valence-corrected chi connectivity index (χ1v) is 6.47. The molecule has 0 aliphatic rings. The monoisotopic (exact) mass is 255 g/mol. The molecule has 98 valence electrons. The summed E-state index contributed by atoms with van der Waals surface area (Å²) in [6.45, 7) is 4.96. The lowest BCUT2D eigenvalue weighted by molar-refractivity contribution is 0.532. The smallest absolute Gasteiger partial charge is 0.134 e. The molecule has 0 amide bonds. The summed E-state index contributed by atoms with van der Waals surface area (Å²) in [4.78, 5) is 0. The first-order chi connectivity index (χ1) is 9.24.